The van der Waals surface area contributed by atoms with Gasteiger partial charge in [-0.05, 0) is 49.1 Å². The van der Waals surface area contributed by atoms with Crippen molar-refractivity contribution in [3.8, 4) is 0 Å². The zero-order valence-corrected chi connectivity index (χ0v) is 14.9. The molecule has 1 fully saturated rings. The van der Waals surface area contributed by atoms with Crippen molar-refractivity contribution in [2.24, 2.45) is 11.3 Å². The molecule has 1 unspecified atom stereocenters. The third kappa shape index (κ3) is 4.37. The standard InChI is InChI=1S/C18H27Cl2N/c1-13(2)11-18(9-4-5-10-18)12-21-14(3)15-7-6-8-16(19)17(15)20/h6-8,13-14,21H,4-5,9-12H2,1-3H3. The van der Waals surface area contributed by atoms with E-state index in [0.29, 0.717) is 15.5 Å². The van der Waals surface area contributed by atoms with Crippen LogP contribution in [0, 0.1) is 11.3 Å². The second-order valence-electron chi connectivity index (χ2n) is 7.05. The molecule has 1 aliphatic carbocycles. The van der Waals surface area contributed by atoms with Crippen LogP contribution < -0.4 is 5.32 Å². The summed E-state index contributed by atoms with van der Waals surface area (Å²) in [5.41, 5.74) is 1.58. The summed E-state index contributed by atoms with van der Waals surface area (Å²) in [4.78, 5) is 0. The highest BCUT2D eigenvalue weighted by Gasteiger charge is 2.34. The van der Waals surface area contributed by atoms with Crippen LogP contribution in [-0.2, 0) is 0 Å². The van der Waals surface area contributed by atoms with E-state index in [9.17, 15) is 0 Å². The van der Waals surface area contributed by atoms with E-state index in [2.05, 4.69) is 32.2 Å². The van der Waals surface area contributed by atoms with Crippen LogP contribution in [0.4, 0.5) is 0 Å². The van der Waals surface area contributed by atoms with E-state index < -0.39 is 0 Å². The maximum absolute atomic E-state index is 6.33. The molecule has 2 rings (SSSR count). The Balaban J connectivity index is 2.02. The van der Waals surface area contributed by atoms with Gasteiger partial charge in [-0.1, -0.05) is 62.0 Å². The first-order valence-electron chi connectivity index (χ1n) is 8.11. The van der Waals surface area contributed by atoms with Gasteiger partial charge in [0.25, 0.3) is 0 Å². The molecule has 1 aromatic carbocycles. The average Bonchev–Trinajstić information content (AvgIpc) is 2.87. The Labute approximate surface area is 139 Å². The quantitative estimate of drug-likeness (QED) is 0.651. The van der Waals surface area contributed by atoms with Crippen molar-refractivity contribution >= 4 is 23.2 Å². The smallest absolute Gasteiger partial charge is 0.0639 e. The summed E-state index contributed by atoms with van der Waals surface area (Å²) < 4.78 is 0. The van der Waals surface area contributed by atoms with Crippen molar-refractivity contribution in [2.45, 2.75) is 58.9 Å². The zero-order chi connectivity index (χ0) is 15.5. The van der Waals surface area contributed by atoms with Gasteiger partial charge in [0.05, 0.1) is 10.0 Å². The molecule has 1 atom stereocenters. The lowest BCUT2D eigenvalue weighted by Crippen LogP contribution is -2.34. The first-order valence-corrected chi connectivity index (χ1v) is 8.86. The third-order valence-corrected chi connectivity index (χ3v) is 5.57. The van der Waals surface area contributed by atoms with E-state index >= 15 is 0 Å². The SMILES string of the molecule is CC(C)CC1(CNC(C)c2cccc(Cl)c2Cl)CCCC1. The van der Waals surface area contributed by atoms with Gasteiger partial charge < -0.3 is 5.32 Å². The van der Waals surface area contributed by atoms with Crippen LogP contribution >= 0.6 is 23.2 Å². The summed E-state index contributed by atoms with van der Waals surface area (Å²) in [6, 6.07) is 6.12. The molecular weight excluding hydrogens is 301 g/mol. The third-order valence-electron chi connectivity index (χ3n) is 4.74. The Kier molecular flexibility index (Phi) is 5.99. The number of rotatable bonds is 6. The highest BCUT2D eigenvalue weighted by Crippen LogP contribution is 2.43. The molecule has 1 nitrogen and oxygen atoms in total. The fourth-order valence-electron chi connectivity index (χ4n) is 3.78. The van der Waals surface area contributed by atoms with E-state index in [1.165, 1.54) is 32.1 Å². The summed E-state index contributed by atoms with van der Waals surface area (Å²) in [6.07, 6.45) is 6.78. The van der Waals surface area contributed by atoms with Crippen LogP contribution in [-0.4, -0.2) is 6.54 Å². The minimum absolute atomic E-state index is 0.237. The fourth-order valence-corrected chi connectivity index (χ4v) is 4.25. The second kappa shape index (κ2) is 7.35. The minimum atomic E-state index is 0.237. The fraction of sp³-hybridized carbons (Fsp3) is 0.667. The van der Waals surface area contributed by atoms with E-state index in [1.807, 2.05) is 12.1 Å². The van der Waals surface area contributed by atoms with E-state index in [1.54, 1.807) is 0 Å². The predicted molar refractivity (Wildman–Crippen MR) is 93.2 cm³/mol. The summed E-state index contributed by atoms with van der Waals surface area (Å²) >= 11 is 12.5. The molecule has 0 heterocycles. The maximum atomic E-state index is 6.33. The molecule has 0 bridgehead atoms. The van der Waals surface area contributed by atoms with Gasteiger partial charge in [0, 0.05) is 12.6 Å². The molecule has 0 aromatic heterocycles. The predicted octanol–water partition coefficient (Wildman–Crippen LogP) is 6.25. The molecule has 3 heteroatoms. The molecule has 0 amide bonds. The first-order chi connectivity index (χ1) is 9.93. The van der Waals surface area contributed by atoms with Crippen molar-refractivity contribution in [1.29, 1.82) is 0 Å². The lowest BCUT2D eigenvalue weighted by molar-refractivity contribution is 0.217. The van der Waals surface area contributed by atoms with Crippen LogP contribution in [0.25, 0.3) is 0 Å². The van der Waals surface area contributed by atoms with Crippen molar-refractivity contribution in [3.63, 3.8) is 0 Å². The molecular formula is C18H27Cl2N. The normalized spacial score (nSPS) is 19.1. The molecule has 1 saturated carbocycles. The molecule has 0 spiro atoms. The molecule has 1 aliphatic rings. The van der Waals surface area contributed by atoms with Gasteiger partial charge in [-0.15, -0.1) is 0 Å². The number of halogens is 2. The highest BCUT2D eigenvalue weighted by molar-refractivity contribution is 6.42. The topological polar surface area (TPSA) is 12.0 Å². The van der Waals surface area contributed by atoms with Gasteiger partial charge in [0.2, 0.25) is 0 Å². The Morgan fingerprint density at radius 1 is 1.14 bits per heavy atom. The van der Waals surface area contributed by atoms with Gasteiger partial charge in [-0.25, -0.2) is 0 Å². The summed E-state index contributed by atoms with van der Waals surface area (Å²) in [5.74, 6) is 0.759. The highest BCUT2D eigenvalue weighted by atomic mass is 35.5. The van der Waals surface area contributed by atoms with Crippen LogP contribution in [0.5, 0.6) is 0 Å². The number of hydrogen-bond acceptors (Lipinski definition) is 1. The van der Waals surface area contributed by atoms with Gasteiger partial charge in [0.15, 0.2) is 0 Å². The summed E-state index contributed by atoms with van der Waals surface area (Å²) in [5, 5.41) is 5.04. The van der Waals surface area contributed by atoms with Gasteiger partial charge >= 0.3 is 0 Å². The summed E-state index contributed by atoms with van der Waals surface area (Å²) in [6.45, 7) is 7.92. The van der Waals surface area contributed by atoms with E-state index in [4.69, 9.17) is 23.2 Å². The lowest BCUT2D eigenvalue weighted by atomic mass is 9.78. The zero-order valence-electron chi connectivity index (χ0n) is 13.4. The van der Waals surface area contributed by atoms with Crippen LogP contribution in [0.1, 0.15) is 64.5 Å². The Morgan fingerprint density at radius 2 is 1.81 bits per heavy atom. The van der Waals surface area contributed by atoms with Crippen molar-refractivity contribution in [1.82, 2.24) is 5.32 Å². The Morgan fingerprint density at radius 3 is 2.43 bits per heavy atom. The maximum Gasteiger partial charge on any atom is 0.0639 e. The molecule has 1 N–H and O–H groups in total. The van der Waals surface area contributed by atoms with Crippen LogP contribution in [0.3, 0.4) is 0 Å². The number of benzene rings is 1. The lowest BCUT2D eigenvalue weighted by Gasteiger charge is -2.33. The number of nitrogens with one attached hydrogen (secondary N) is 1. The number of hydrogen-bond donors (Lipinski definition) is 1. The van der Waals surface area contributed by atoms with E-state index in [-0.39, 0.29) is 6.04 Å². The molecule has 0 radical (unpaired) electrons. The van der Waals surface area contributed by atoms with Crippen molar-refractivity contribution in [2.75, 3.05) is 6.54 Å². The first kappa shape index (κ1) is 17.1. The van der Waals surface area contributed by atoms with Crippen LogP contribution in [0.15, 0.2) is 18.2 Å². The van der Waals surface area contributed by atoms with Gasteiger partial charge in [0.1, 0.15) is 0 Å². The molecule has 1 aromatic rings. The van der Waals surface area contributed by atoms with Gasteiger partial charge in [-0.2, -0.15) is 0 Å². The largest absolute Gasteiger partial charge is 0.310 e. The van der Waals surface area contributed by atoms with Crippen molar-refractivity contribution < 1.29 is 0 Å². The molecule has 0 saturated heterocycles. The minimum Gasteiger partial charge on any atom is -0.310 e. The monoisotopic (exact) mass is 327 g/mol. The molecule has 0 aliphatic heterocycles. The van der Waals surface area contributed by atoms with Crippen LogP contribution in [0.2, 0.25) is 10.0 Å². The summed E-state index contributed by atoms with van der Waals surface area (Å²) in [7, 11) is 0. The second-order valence-corrected chi connectivity index (χ2v) is 7.84. The average molecular weight is 328 g/mol. The van der Waals surface area contributed by atoms with Crippen molar-refractivity contribution in [3.05, 3.63) is 33.8 Å². The molecule has 21 heavy (non-hydrogen) atoms. The molecule has 118 valence electrons. The van der Waals surface area contributed by atoms with E-state index in [0.717, 1.165) is 18.0 Å². The Hall–Kier alpha value is -0.240. The Bertz CT molecular complexity index is 464. The van der Waals surface area contributed by atoms with Gasteiger partial charge in [-0.3, -0.25) is 0 Å².